The molecule has 6 heteroatoms. The zero-order valence-electron chi connectivity index (χ0n) is 18.8. The summed E-state index contributed by atoms with van der Waals surface area (Å²) in [6.45, 7) is 10.5. The van der Waals surface area contributed by atoms with Crippen LogP contribution in [0.2, 0.25) is 5.02 Å². The molecule has 1 atom stereocenters. The zero-order chi connectivity index (χ0) is 22.8. The van der Waals surface area contributed by atoms with Crippen LogP contribution in [0.1, 0.15) is 69.3 Å². The van der Waals surface area contributed by atoms with Crippen LogP contribution in [0.3, 0.4) is 0 Å². The number of rotatable bonds is 5. The predicted molar refractivity (Wildman–Crippen MR) is 124 cm³/mol. The maximum Gasteiger partial charge on any atom is 0.251 e. The average Bonchev–Trinajstić information content (AvgIpc) is 2.66. The molecule has 0 bridgehead atoms. The molecule has 1 heterocycles. The van der Waals surface area contributed by atoms with Crippen molar-refractivity contribution in [2.45, 2.75) is 70.5 Å². The second-order valence-corrected chi connectivity index (χ2v) is 10.0. The number of piperidine rings is 1. The molecule has 31 heavy (non-hydrogen) atoms. The Labute approximate surface area is 189 Å². The molecule has 3 rings (SSSR count). The van der Waals surface area contributed by atoms with Gasteiger partial charge in [-0.15, -0.1) is 0 Å². The van der Waals surface area contributed by atoms with E-state index in [2.05, 4.69) is 44.4 Å². The van der Waals surface area contributed by atoms with Crippen molar-refractivity contribution in [2.75, 3.05) is 0 Å². The molecular formula is C25H30ClN3O2. The lowest BCUT2D eigenvalue weighted by atomic mass is 9.79. The van der Waals surface area contributed by atoms with Crippen molar-refractivity contribution in [3.63, 3.8) is 0 Å². The molecule has 2 aromatic carbocycles. The van der Waals surface area contributed by atoms with Crippen LogP contribution >= 0.6 is 11.6 Å². The Balaban J connectivity index is 1.71. The standard InChI is InChI=1S/C25H30ClN3O2/c1-16(15-27)17-7-6-8-20(11-17)31-22-10-9-18(12-21(22)26)23(30)28-19-13-24(2,3)29-25(4,5)14-19/h6-12,16,19,29H,13-14H2,1-5H3,(H,28,30). The summed E-state index contributed by atoms with van der Waals surface area (Å²) in [7, 11) is 0. The van der Waals surface area contributed by atoms with E-state index >= 15 is 0 Å². The van der Waals surface area contributed by atoms with Gasteiger partial charge in [-0.25, -0.2) is 0 Å². The van der Waals surface area contributed by atoms with E-state index in [9.17, 15) is 4.79 Å². The van der Waals surface area contributed by atoms with Crippen LogP contribution in [0.5, 0.6) is 11.5 Å². The van der Waals surface area contributed by atoms with Crippen molar-refractivity contribution in [2.24, 2.45) is 0 Å². The highest BCUT2D eigenvalue weighted by molar-refractivity contribution is 6.32. The number of hydrogen-bond acceptors (Lipinski definition) is 4. The normalized spacial score (nSPS) is 18.6. The SMILES string of the molecule is CC(C#N)c1cccc(Oc2ccc(C(=O)NC3CC(C)(C)NC(C)(C)C3)cc2Cl)c1. The maximum atomic E-state index is 12.8. The zero-order valence-corrected chi connectivity index (χ0v) is 19.5. The summed E-state index contributed by atoms with van der Waals surface area (Å²) in [5.41, 5.74) is 1.28. The van der Waals surface area contributed by atoms with Crippen molar-refractivity contribution in [3.05, 3.63) is 58.6 Å². The van der Waals surface area contributed by atoms with Crippen LogP contribution in [0.4, 0.5) is 0 Å². The monoisotopic (exact) mass is 439 g/mol. The Hall–Kier alpha value is -2.55. The number of carbonyl (C=O) groups is 1. The van der Waals surface area contributed by atoms with Gasteiger partial charge in [-0.05, 0) is 83.4 Å². The highest BCUT2D eigenvalue weighted by Gasteiger charge is 2.38. The summed E-state index contributed by atoms with van der Waals surface area (Å²) in [6.07, 6.45) is 1.71. The molecule has 1 unspecified atom stereocenters. The minimum Gasteiger partial charge on any atom is -0.456 e. The van der Waals surface area contributed by atoms with Gasteiger partial charge in [0, 0.05) is 22.7 Å². The molecule has 5 nitrogen and oxygen atoms in total. The lowest BCUT2D eigenvalue weighted by molar-refractivity contribution is 0.0873. The van der Waals surface area contributed by atoms with Crippen molar-refractivity contribution >= 4 is 17.5 Å². The van der Waals surface area contributed by atoms with Crippen LogP contribution < -0.4 is 15.4 Å². The summed E-state index contributed by atoms with van der Waals surface area (Å²) in [6, 6.07) is 14.7. The maximum absolute atomic E-state index is 12.8. The van der Waals surface area contributed by atoms with Gasteiger partial charge in [0.15, 0.2) is 0 Å². The van der Waals surface area contributed by atoms with Gasteiger partial charge in [-0.3, -0.25) is 4.79 Å². The molecule has 164 valence electrons. The Morgan fingerprint density at radius 3 is 2.48 bits per heavy atom. The number of nitrogens with one attached hydrogen (secondary N) is 2. The number of carbonyl (C=O) groups excluding carboxylic acids is 1. The van der Waals surface area contributed by atoms with Gasteiger partial charge in [-0.2, -0.15) is 5.26 Å². The number of hydrogen-bond donors (Lipinski definition) is 2. The van der Waals surface area contributed by atoms with Gasteiger partial charge in [-0.1, -0.05) is 23.7 Å². The van der Waals surface area contributed by atoms with Crippen LogP contribution in [-0.4, -0.2) is 23.0 Å². The van der Waals surface area contributed by atoms with Crippen molar-refractivity contribution in [1.29, 1.82) is 5.26 Å². The Morgan fingerprint density at radius 1 is 1.19 bits per heavy atom. The van der Waals surface area contributed by atoms with Crippen LogP contribution in [0, 0.1) is 11.3 Å². The largest absolute Gasteiger partial charge is 0.456 e. The van der Waals surface area contributed by atoms with E-state index in [1.165, 1.54) is 0 Å². The smallest absolute Gasteiger partial charge is 0.251 e. The molecule has 1 aliphatic heterocycles. The first kappa shape index (κ1) is 23.1. The molecule has 1 aliphatic rings. The number of nitriles is 1. The van der Waals surface area contributed by atoms with E-state index in [0.29, 0.717) is 22.1 Å². The first-order valence-corrected chi connectivity index (χ1v) is 10.9. The van der Waals surface area contributed by atoms with Gasteiger partial charge in [0.05, 0.1) is 17.0 Å². The molecule has 0 aromatic heterocycles. The van der Waals surface area contributed by atoms with E-state index in [1.807, 2.05) is 31.2 Å². The van der Waals surface area contributed by atoms with Gasteiger partial charge in [0.1, 0.15) is 11.5 Å². The lowest BCUT2D eigenvalue weighted by Crippen LogP contribution is -2.62. The molecule has 1 saturated heterocycles. The predicted octanol–water partition coefficient (Wildman–Crippen LogP) is 5.80. The molecule has 1 fully saturated rings. The van der Waals surface area contributed by atoms with E-state index in [-0.39, 0.29) is 28.9 Å². The summed E-state index contributed by atoms with van der Waals surface area (Å²) in [4.78, 5) is 12.8. The highest BCUT2D eigenvalue weighted by Crippen LogP contribution is 2.32. The minimum absolute atomic E-state index is 0.0490. The second-order valence-electron chi connectivity index (χ2n) is 9.64. The summed E-state index contributed by atoms with van der Waals surface area (Å²) >= 11 is 6.42. The Morgan fingerprint density at radius 2 is 1.87 bits per heavy atom. The number of benzene rings is 2. The Bertz CT molecular complexity index is 994. The summed E-state index contributed by atoms with van der Waals surface area (Å²) in [5, 5.41) is 16.3. The first-order chi connectivity index (χ1) is 14.5. The van der Waals surface area contributed by atoms with Gasteiger partial charge in [0.2, 0.25) is 0 Å². The fraction of sp³-hybridized carbons (Fsp3) is 0.440. The van der Waals surface area contributed by atoms with Gasteiger partial charge < -0.3 is 15.4 Å². The number of halogens is 1. The molecule has 0 radical (unpaired) electrons. The first-order valence-electron chi connectivity index (χ1n) is 10.6. The molecular weight excluding hydrogens is 410 g/mol. The van der Waals surface area contributed by atoms with E-state index < -0.39 is 0 Å². The average molecular weight is 440 g/mol. The molecule has 0 saturated carbocycles. The molecule has 2 aromatic rings. The second kappa shape index (κ2) is 8.90. The van der Waals surface area contributed by atoms with Gasteiger partial charge >= 0.3 is 0 Å². The number of amides is 1. The lowest BCUT2D eigenvalue weighted by Gasteiger charge is -2.46. The van der Waals surface area contributed by atoms with E-state index in [4.69, 9.17) is 21.6 Å². The van der Waals surface area contributed by atoms with Crippen molar-refractivity contribution < 1.29 is 9.53 Å². The van der Waals surface area contributed by atoms with Crippen molar-refractivity contribution in [1.82, 2.24) is 10.6 Å². The number of ether oxygens (including phenoxy) is 1. The molecule has 0 aliphatic carbocycles. The topological polar surface area (TPSA) is 74.1 Å². The molecule has 1 amide bonds. The quantitative estimate of drug-likeness (QED) is 0.617. The van der Waals surface area contributed by atoms with E-state index in [1.54, 1.807) is 18.2 Å². The van der Waals surface area contributed by atoms with Crippen LogP contribution in [0.25, 0.3) is 0 Å². The van der Waals surface area contributed by atoms with Crippen LogP contribution in [-0.2, 0) is 0 Å². The third kappa shape index (κ3) is 6.00. The molecule has 0 spiro atoms. The van der Waals surface area contributed by atoms with Crippen LogP contribution in [0.15, 0.2) is 42.5 Å². The van der Waals surface area contributed by atoms with Gasteiger partial charge in [0.25, 0.3) is 5.91 Å². The molecule has 2 N–H and O–H groups in total. The highest BCUT2D eigenvalue weighted by atomic mass is 35.5. The van der Waals surface area contributed by atoms with E-state index in [0.717, 1.165) is 18.4 Å². The summed E-state index contributed by atoms with van der Waals surface area (Å²) < 4.78 is 5.90. The fourth-order valence-corrected chi connectivity index (χ4v) is 4.69. The fourth-order valence-electron chi connectivity index (χ4n) is 4.47. The minimum atomic E-state index is -0.227. The van der Waals surface area contributed by atoms with Crippen molar-refractivity contribution in [3.8, 4) is 17.6 Å². The Kier molecular flexibility index (Phi) is 6.64. The number of nitrogens with zero attached hydrogens (tertiary/aromatic N) is 1. The third-order valence-electron chi connectivity index (χ3n) is 5.50. The third-order valence-corrected chi connectivity index (χ3v) is 5.79. The summed E-state index contributed by atoms with van der Waals surface area (Å²) in [5.74, 6) is 0.689.